The number of nitrogens with two attached hydrogens (primary N) is 1. The van der Waals surface area contributed by atoms with Crippen LogP contribution in [0.2, 0.25) is 5.02 Å². The van der Waals surface area contributed by atoms with Crippen LogP contribution in [0.1, 0.15) is 22.9 Å². The van der Waals surface area contributed by atoms with Gasteiger partial charge in [-0.05, 0) is 37.1 Å². The highest BCUT2D eigenvalue weighted by Gasteiger charge is 2.12. The minimum atomic E-state index is -0.341. The SMILES string of the molecule is Cc1cc(C(N)Cc2ccc(F)cc2Cl)co1. The molecule has 0 spiro atoms. The van der Waals surface area contributed by atoms with Crippen molar-refractivity contribution in [1.82, 2.24) is 0 Å². The summed E-state index contributed by atoms with van der Waals surface area (Å²) in [5, 5.41) is 0.403. The molecule has 2 N–H and O–H groups in total. The summed E-state index contributed by atoms with van der Waals surface area (Å²) >= 11 is 5.95. The van der Waals surface area contributed by atoms with Gasteiger partial charge in [-0.25, -0.2) is 4.39 Å². The van der Waals surface area contributed by atoms with E-state index in [1.807, 2.05) is 13.0 Å². The average molecular weight is 254 g/mol. The summed E-state index contributed by atoms with van der Waals surface area (Å²) in [4.78, 5) is 0. The molecule has 4 heteroatoms. The van der Waals surface area contributed by atoms with E-state index < -0.39 is 0 Å². The monoisotopic (exact) mass is 253 g/mol. The number of rotatable bonds is 3. The van der Waals surface area contributed by atoms with Crippen LogP contribution in [0.3, 0.4) is 0 Å². The lowest BCUT2D eigenvalue weighted by atomic mass is 10.0. The number of furan rings is 1. The minimum Gasteiger partial charge on any atom is -0.469 e. The van der Waals surface area contributed by atoms with Crippen molar-refractivity contribution in [1.29, 1.82) is 0 Å². The Hall–Kier alpha value is -1.32. The van der Waals surface area contributed by atoms with E-state index in [4.69, 9.17) is 21.8 Å². The van der Waals surface area contributed by atoms with Crippen LogP contribution < -0.4 is 5.73 Å². The molecule has 0 amide bonds. The lowest BCUT2D eigenvalue weighted by Gasteiger charge is -2.10. The van der Waals surface area contributed by atoms with Gasteiger partial charge in [0.1, 0.15) is 11.6 Å². The third kappa shape index (κ3) is 2.87. The fraction of sp³-hybridized carbons (Fsp3) is 0.231. The summed E-state index contributed by atoms with van der Waals surface area (Å²) in [6.45, 7) is 1.86. The molecule has 1 aromatic heterocycles. The first-order valence-corrected chi connectivity index (χ1v) is 5.68. The molecular weight excluding hydrogens is 241 g/mol. The Balaban J connectivity index is 2.15. The van der Waals surface area contributed by atoms with Crippen LogP contribution in [0.5, 0.6) is 0 Å². The highest BCUT2D eigenvalue weighted by Crippen LogP contribution is 2.23. The van der Waals surface area contributed by atoms with Crippen molar-refractivity contribution in [3.63, 3.8) is 0 Å². The second-order valence-electron chi connectivity index (χ2n) is 4.04. The predicted molar refractivity (Wildman–Crippen MR) is 65.5 cm³/mol. The smallest absolute Gasteiger partial charge is 0.124 e. The van der Waals surface area contributed by atoms with Gasteiger partial charge in [-0.3, -0.25) is 0 Å². The molecule has 0 aliphatic carbocycles. The summed E-state index contributed by atoms with van der Waals surface area (Å²) in [7, 11) is 0. The zero-order valence-electron chi connectivity index (χ0n) is 9.41. The van der Waals surface area contributed by atoms with Crippen LogP contribution in [-0.2, 0) is 6.42 Å². The average Bonchev–Trinajstić information content (AvgIpc) is 2.69. The van der Waals surface area contributed by atoms with E-state index in [0.29, 0.717) is 11.4 Å². The first-order chi connectivity index (χ1) is 8.06. The highest BCUT2D eigenvalue weighted by molar-refractivity contribution is 6.31. The zero-order chi connectivity index (χ0) is 12.4. The summed E-state index contributed by atoms with van der Waals surface area (Å²) in [6, 6.07) is 6.03. The Morgan fingerprint density at radius 3 is 2.76 bits per heavy atom. The van der Waals surface area contributed by atoms with Gasteiger partial charge < -0.3 is 10.2 Å². The number of hydrogen-bond donors (Lipinski definition) is 1. The molecule has 1 unspecified atom stereocenters. The van der Waals surface area contributed by atoms with E-state index in [-0.39, 0.29) is 11.9 Å². The molecule has 1 aromatic carbocycles. The number of aryl methyl sites for hydroxylation is 1. The van der Waals surface area contributed by atoms with E-state index in [0.717, 1.165) is 16.9 Å². The molecule has 1 atom stereocenters. The molecule has 2 rings (SSSR count). The maximum atomic E-state index is 12.9. The van der Waals surface area contributed by atoms with Crippen molar-refractivity contribution in [2.75, 3.05) is 0 Å². The van der Waals surface area contributed by atoms with Crippen molar-refractivity contribution in [3.05, 3.63) is 58.3 Å². The first kappa shape index (κ1) is 12.1. The van der Waals surface area contributed by atoms with Gasteiger partial charge in [-0.15, -0.1) is 0 Å². The number of halogens is 2. The van der Waals surface area contributed by atoms with Gasteiger partial charge >= 0.3 is 0 Å². The molecule has 0 bridgehead atoms. The maximum absolute atomic E-state index is 12.9. The lowest BCUT2D eigenvalue weighted by Crippen LogP contribution is -2.12. The highest BCUT2D eigenvalue weighted by atomic mass is 35.5. The van der Waals surface area contributed by atoms with Crippen LogP contribution in [-0.4, -0.2) is 0 Å². The number of hydrogen-bond acceptors (Lipinski definition) is 2. The molecular formula is C13H13ClFNO. The fourth-order valence-electron chi connectivity index (χ4n) is 1.70. The van der Waals surface area contributed by atoms with Crippen molar-refractivity contribution in [2.24, 2.45) is 5.73 Å². The van der Waals surface area contributed by atoms with Crippen LogP contribution in [0.25, 0.3) is 0 Å². The fourth-order valence-corrected chi connectivity index (χ4v) is 1.94. The van der Waals surface area contributed by atoms with Crippen LogP contribution in [0.15, 0.2) is 34.9 Å². The Labute approximate surface area is 104 Å². The van der Waals surface area contributed by atoms with Crippen LogP contribution >= 0.6 is 11.6 Å². The van der Waals surface area contributed by atoms with Crippen molar-refractivity contribution >= 4 is 11.6 Å². The Morgan fingerprint density at radius 2 is 2.18 bits per heavy atom. The Bertz CT molecular complexity index is 524. The molecule has 17 heavy (non-hydrogen) atoms. The van der Waals surface area contributed by atoms with E-state index in [1.54, 1.807) is 12.3 Å². The molecule has 0 aliphatic heterocycles. The predicted octanol–water partition coefficient (Wildman–Crippen LogP) is 3.62. The van der Waals surface area contributed by atoms with E-state index in [1.165, 1.54) is 12.1 Å². The van der Waals surface area contributed by atoms with Gasteiger partial charge in [0.2, 0.25) is 0 Å². The van der Waals surface area contributed by atoms with Crippen molar-refractivity contribution < 1.29 is 8.81 Å². The number of benzene rings is 1. The standard InChI is InChI=1S/C13H13ClFNO/c1-8-4-10(7-17-8)13(16)5-9-2-3-11(15)6-12(9)14/h2-4,6-7,13H,5,16H2,1H3. The molecule has 0 saturated heterocycles. The molecule has 0 saturated carbocycles. The Morgan fingerprint density at radius 1 is 1.41 bits per heavy atom. The summed E-state index contributed by atoms with van der Waals surface area (Å²) in [5.74, 6) is 0.479. The van der Waals surface area contributed by atoms with Crippen molar-refractivity contribution in [3.8, 4) is 0 Å². The summed E-state index contributed by atoms with van der Waals surface area (Å²) in [5.41, 5.74) is 7.79. The van der Waals surface area contributed by atoms with E-state index >= 15 is 0 Å². The van der Waals surface area contributed by atoms with Crippen LogP contribution in [0.4, 0.5) is 4.39 Å². The second-order valence-corrected chi connectivity index (χ2v) is 4.44. The van der Waals surface area contributed by atoms with Crippen LogP contribution in [0, 0.1) is 12.7 Å². The molecule has 0 aliphatic rings. The molecule has 1 heterocycles. The van der Waals surface area contributed by atoms with Gasteiger partial charge in [0.25, 0.3) is 0 Å². The molecule has 0 fully saturated rings. The lowest BCUT2D eigenvalue weighted by molar-refractivity contribution is 0.528. The summed E-state index contributed by atoms with van der Waals surface area (Å²) in [6.07, 6.45) is 2.19. The third-order valence-electron chi connectivity index (χ3n) is 2.63. The Kier molecular flexibility index (Phi) is 3.50. The van der Waals surface area contributed by atoms with Gasteiger partial charge in [0.15, 0.2) is 0 Å². The normalized spacial score (nSPS) is 12.7. The van der Waals surface area contributed by atoms with Gasteiger partial charge in [-0.2, -0.15) is 0 Å². The van der Waals surface area contributed by atoms with Gasteiger partial charge in [-0.1, -0.05) is 17.7 Å². The van der Waals surface area contributed by atoms with E-state index in [9.17, 15) is 4.39 Å². The summed E-state index contributed by atoms with van der Waals surface area (Å²) < 4.78 is 18.1. The third-order valence-corrected chi connectivity index (χ3v) is 2.99. The molecule has 90 valence electrons. The van der Waals surface area contributed by atoms with Gasteiger partial charge in [0.05, 0.1) is 6.26 Å². The van der Waals surface area contributed by atoms with E-state index in [2.05, 4.69) is 0 Å². The minimum absolute atomic E-state index is 0.199. The maximum Gasteiger partial charge on any atom is 0.124 e. The van der Waals surface area contributed by atoms with Gasteiger partial charge in [0, 0.05) is 16.6 Å². The first-order valence-electron chi connectivity index (χ1n) is 5.31. The second kappa shape index (κ2) is 4.90. The molecule has 0 radical (unpaired) electrons. The molecule has 2 nitrogen and oxygen atoms in total. The van der Waals surface area contributed by atoms with Crippen molar-refractivity contribution in [2.45, 2.75) is 19.4 Å². The largest absolute Gasteiger partial charge is 0.469 e. The zero-order valence-corrected chi connectivity index (χ0v) is 10.2. The molecule has 2 aromatic rings. The quantitative estimate of drug-likeness (QED) is 0.907. The topological polar surface area (TPSA) is 39.2 Å².